The molecule has 1 N–H and O–H groups in total. The van der Waals surface area contributed by atoms with E-state index in [1.54, 1.807) is 0 Å². The Balaban J connectivity index is 1.51. The monoisotopic (exact) mass is 482 g/mol. The summed E-state index contributed by atoms with van der Waals surface area (Å²) in [6.07, 6.45) is 4.50. The number of ketones is 1. The number of halogens is 1. The molecule has 0 unspecified atom stereocenters. The number of carbonyl (C=O) groups is 2. The van der Waals surface area contributed by atoms with Crippen LogP contribution in [0.15, 0.2) is 53.7 Å². The summed E-state index contributed by atoms with van der Waals surface area (Å²) in [4.78, 5) is 24.1. The SMILES string of the molecule is CC(=O)N[C@@H](C)c1ccc(C(=O)CSc2nnc(-c3ccccc3Cl)n2C2CCCC2)cc1. The summed E-state index contributed by atoms with van der Waals surface area (Å²) >= 11 is 7.87. The van der Waals surface area contributed by atoms with Crippen LogP contribution in [0.1, 0.15) is 67.5 Å². The fraction of sp³-hybridized carbons (Fsp3) is 0.360. The number of carbonyl (C=O) groups excluding carboxylic acids is 2. The highest BCUT2D eigenvalue weighted by atomic mass is 35.5. The minimum Gasteiger partial charge on any atom is -0.350 e. The zero-order valence-electron chi connectivity index (χ0n) is 18.8. The van der Waals surface area contributed by atoms with Crippen molar-refractivity contribution in [1.82, 2.24) is 20.1 Å². The van der Waals surface area contributed by atoms with Crippen molar-refractivity contribution in [3.05, 3.63) is 64.7 Å². The molecule has 4 rings (SSSR count). The van der Waals surface area contributed by atoms with E-state index in [1.807, 2.05) is 55.5 Å². The molecular formula is C25H27ClN4O2S. The lowest BCUT2D eigenvalue weighted by Gasteiger charge is -2.17. The maximum Gasteiger partial charge on any atom is 0.217 e. The van der Waals surface area contributed by atoms with Gasteiger partial charge in [-0.25, -0.2) is 0 Å². The van der Waals surface area contributed by atoms with E-state index in [0.717, 1.165) is 34.9 Å². The number of nitrogens with one attached hydrogen (secondary N) is 1. The number of amides is 1. The first-order valence-electron chi connectivity index (χ1n) is 11.2. The van der Waals surface area contributed by atoms with E-state index < -0.39 is 0 Å². The van der Waals surface area contributed by atoms with Gasteiger partial charge in [0.2, 0.25) is 5.91 Å². The van der Waals surface area contributed by atoms with Crippen LogP contribution in [0.5, 0.6) is 0 Å². The van der Waals surface area contributed by atoms with Crippen molar-refractivity contribution in [2.45, 2.75) is 56.8 Å². The largest absolute Gasteiger partial charge is 0.350 e. The second kappa shape index (κ2) is 10.5. The van der Waals surface area contributed by atoms with E-state index in [2.05, 4.69) is 20.1 Å². The van der Waals surface area contributed by atoms with Gasteiger partial charge in [0.05, 0.1) is 16.8 Å². The molecule has 0 aliphatic heterocycles. The molecule has 1 aromatic heterocycles. The highest BCUT2D eigenvalue weighted by Gasteiger charge is 2.26. The van der Waals surface area contributed by atoms with Crippen molar-refractivity contribution < 1.29 is 9.59 Å². The van der Waals surface area contributed by atoms with E-state index in [9.17, 15) is 9.59 Å². The number of aromatic nitrogens is 3. The highest BCUT2D eigenvalue weighted by molar-refractivity contribution is 7.99. The van der Waals surface area contributed by atoms with Gasteiger partial charge in [0.15, 0.2) is 16.8 Å². The Kier molecular flexibility index (Phi) is 7.50. The van der Waals surface area contributed by atoms with Gasteiger partial charge in [-0.1, -0.05) is 72.6 Å². The molecule has 2 aromatic carbocycles. The third kappa shape index (κ3) is 5.47. The molecule has 1 amide bonds. The summed E-state index contributed by atoms with van der Waals surface area (Å²) in [6.45, 7) is 3.41. The average molecular weight is 483 g/mol. The normalized spacial score (nSPS) is 14.9. The Labute approximate surface area is 203 Å². The molecule has 1 aliphatic rings. The van der Waals surface area contributed by atoms with Gasteiger partial charge in [-0.05, 0) is 37.5 Å². The van der Waals surface area contributed by atoms with Crippen molar-refractivity contribution in [2.24, 2.45) is 0 Å². The van der Waals surface area contributed by atoms with Crippen LogP contribution >= 0.6 is 23.4 Å². The quantitative estimate of drug-likeness (QED) is 0.320. The molecule has 3 aromatic rings. The van der Waals surface area contributed by atoms with Gasteiger partial charge in [0.25, 0.3) is 0 Å². The Morgan fingerprint density at radius 3 is 2.48 bits per heavy atom. The van der Waals surface area contributed by atoms with Gasteiger partial charge in [0.1, 0.15) is 0 Å². The van der Waals surface area contributed by atoms with Crippen molar-refractivity contribution in [3.63, 3.8) is 0 Å². The number of benzene rings is 2. The average Bonchev–Trinajstić information content (AvgIpc) is 3.47. The van der Waals surface area contributed by atoms with Gasteiger partial charge in [-0.15, -0.1) is 10.2 Å². The lowest BCUT2D eigenvalue weighted by atomic mass is 10.0. The third-order valence-electron chi connectivity index (χ3n) is 5.95. The zero-order chi connectivity index (χ0) is 23.4. The van der Waals surface area contributed by atoms with Gasteiger partial charge in [-0.3, -0.25) is 14.2 Å². The molecule has 0 bridgehead atoms. The summed E-state index contributed by atoms with van der Waals surface area (Å²) in [5, 5.41) is 13.1. The van der Waals surface area contributed by atoms with Crippen molar-refractivity contribution >= 4 is 35.1 Å². The fourth-order valence-electron chi connectivity index (χ4n) is 4.25. The number of nitrogens with zero attached hydrogens (tertiary/aromatic N) is 3. The molecule has 8 heteroatoms. The maximum atomic E-state index is 12.9. The first-order chi connectivity index (χ1) is 15.9. The predicted octanol–water partition coefficient (Wildman–Crippen LogP) is 5.89. The van der Waals surface area contributed by atoms with E-state index in [1.165, 1.54) is 31.5 Å². The van der Waals surface area contributed by atoms with E-state index >= 15 is 0 Å². The topological polar surface area (TPSA) is 76.9 Å². The number of Topliss-reactive ketones (excluding diaryl/α,β-unsaturated/α-hetero) is 1. The fourth-order valence-corrected chi connectivity index (χ4v) is 5.37. The van der Waals surface area contributed by atoms with Crippen molar-refractivity contribution in [1.29, 1.82) is 0 Å². The van der Waals surface area contributed by atoms with Crippen LogP contribution in [0.4, 0.5) is 0 Å². The van der Waals surface area contributed by atoms with E-state index in [4.69, 9.17) is 11.6 Å². The van der Waals surface area contributed by atoms with Gasteiger partial charge < -0.3 is 5.32 Å². The Bertz CT molecular complexity index is 1140. The summed E-state index contributed by atoms with van der Waals surface area (Å²) in [5.74, 6) is 0.980. The van der Waals surface area contributed by atoms with Crippen LogP contribution in [-0.2, 0) is 4.79 Å². The second-order valence-corrected chi connectivity index (χ2v) is 9.70. The Morgan fingerprint density at radius 2 is 1.82 bits per heavy atom. The smallest absolute Gasteiger partial charge is 0.217 e. The molecule has 0 spiro atoms. The highest BCUT2D eigenvalue weighted by Crippen LogP contribution is 2.38. The van der Waals surface area contributed by atoms with Crippen LogP contribution in [0.3, 0.4) is 0 Å². The first kappa shape index (κ1) is 23.5. The van der Waals surface area contributed by atoms with Crippen LogP contribution < -0.4 is 5.32 Å². The van der Waals surface area contributed by atoms with E-state index in [-0.39, 0.29) is 23.5 Å². The van der Waals surface area contributed by atoms with Gasteiger partial charge in [-0.2, -0.15) is 0 Å². The molecule has 0 radical (unpaired) electrons. The van der Waals surface area contributed by atoms with Gasteiger partial charge in [0, 0.05) is 24.1 Å². The van der Waals surface area contributed by atoms with Crippen molar-refractivity contribution in [2.75, 3.05) is 5.75 Å². The lowest BCUT2D eigenvalue weighted by Crippen LogP contribution is -2.23. The molecule has 1 aliphatic carbocycles. The minimum atomic E-state index is -0.103. The molecule has 33 heavy (non-hydrogen) atoms. The molecule has 1 heterocycles. The Morgan fingerprint density at radius 1 is 1.12 bits per heavy atom. The molecule has 6 nitrogen and oxygen atoms in total. The Hall–Kier alpha value is -2.64. The lowest BCUT2D eigenvalue weighted by molar-refractivity contribution is -0.119. The summed E-state index contributed by atoms with van der Waals surface area (Å²) in [7, 11) is 0. The predicted molar refractivity (Wildman–Crippen MR) is 132 cm³/mol. The molecule has 1 fully saturated rings. The molecular weight excluding hydrogens is 456 g/mol. The summed E-state index contributed by atoms with van der Waals surface area (Å²) in [5.41, 5.74) is 2.46. The number of hydrogen-bond donors (Lipinski definition) is 1. The summed E-state index contributed by atoms with van der Waals surface area (Å²) in [6, 6.07) is 15.3. The minimum absolute atomic E-state index is 0.0268. The zero-order valence-corrected chi connectivity index (χ0v) is 20.3. The van der Waals surface area contributed by atoms with E-state index in [0.29, 0.717) is 16.6 Å². The molecule has 0 saturated heterocycles. The maximum absolute atomic E-state index is 12.9. The third-order valence-corrected chi connectivity index (χ3v) is 7.23. The number of hydrogen-bond acceptors (Lipinski definition) is 5. The molecule has 172 valence electrons. The number of thioether (sulfide) groups is 1. The van der Waals surface area contributed by atoms with Gasteiger partial charge >= 0.3 is 0 Å². The standard InChI is InChI=1S/C25H27ClN4O2S/c1-16(27-17(2)31)18-11-13-19(14-12-18)23(32)15-33-25-29-28-24(21-9-5-6-10-22(21)26)30(25)20-7-3-4-8-20/h5-6,9-14,16,20H,3-4,7-8,15H2,1-2H3,(H,27,31)/t16-/m0/s1. The van der Waals surface area contributed by atoms with Crippen LogP contribution in [0, 0.1) is 0 Å². The summed E-state index contributed by atoms with van der Waals surface area (Å²) < 4.78 is 2.17. The van der Waals surface area contributed by atoms with Crippen LogP contribution in [-0.4, -0.2) is 32.2 Å². The second-order valence-electron chi connectivity index (χ2n) is 8.35. The van der Waals surface area contributed by atoms with Crippen LogP contribution in [0.25, 0.3) is 11.4 Å². The first-order valence-corrected chi connectivity index (χ1v) is 12.5. The molecule has 1 saturated carbocycles. The molecule has 1 atom stereocenters. The number of rotatable bonds is 8. The van der Waals surface area contributed by atoms with Crippen LogP contribution in [0.2, 0.25) is 5.02 Å². The van der Waals surface area contributed by atoms with Crippen molar-refractivity contribution in [3.8, 4) is 11.4 Å².